The van der Waals surface area contributed by atoms with E-state index in [-0.39, 0.29) is 5.78 Å². The van der Waals surface area contributed by atoms with Crippen molar-refractivity contribution in [2.45, 2.75) is 13.3 Å². The molecule has 0 radical (unpaired) electrons. The van der Waals surface area contributed by atoms with Gasteiger partial charge in [-0.25, -0.2) is 9.97 Å². The van der Waals surface area contributed by atoms with Crippen molar-refractivity contribution in [3.05, 3.63) is 54.6 Å². The Morgan fingerprint density at radius 3 is 2.57 bits per heavy atom. The molecule has 0 saturated heterocycles. The van der Waals surface area contributed by atoms with Crippen molar-refractivity contribution in [3.8, 4) is 44.0 Å². The van der Waals surface area contributed by atoms with Gasteiger partial charge in [0.1, 0.15) is 16.6 Å². The number of aromatic nitrogens is 4. The molecule has 152 valence electrons. The average Bonchev–Trinajstić information content (AvgIpc) is 3.43. The number of ketones is 1. The summed E-state index contributed by atoms with van der Waals surface area (Å²) in [5.41, 5.74) is 3.31. The van der Waals surface area contributed by atoms with Gasteiger partial charge in [-0.1, -0.05) is 0 Å². The highest BCUT2D eigenvalue weighted by Crippen LogP contribution is 2.41. The summed E-state index contributed by atoms with van der Waals surface area (Å²) in [6, 6.07) is 9.51. The first-order chi connectivity index (χ1) is 14.6. The van der Waals surface area contributed by atoms with Crippen LogP contribution in [0.1, 0.15) is 12.6 Å². The number of benzene rings is 1. The fourth-order valence-electron chi connectivity index (χ4n) is 3.14. The van der Waals surface area contributed by atoms with E-state index in [9.17, 15) is 4.79 Å². The Labute approximate surface area is 177 Å². The van der Waals surface area contributed by atoms with Gasteiger partial charge < -0.3 is 14.5 Å². The Bertz CT molecular complexity index is 1190. The second-order valence-electron chi connectivity index (χ2n) is 6.62. The summed E-state index contributed by atoms with van der Waals surface area (Å²) in [6.45, 7) is 1.56. The average molecular weight is 420 g/mol. The lowest BCUT2D eigenvalue weighted by Crippen LogP contribution is -1.98. The number of aromatic amines is 1. The molecule has 30 heavy (non-hydrogen) atoms. The molecule has 0 unspecified atom stereocenters. The fraction of sp³-hybridized carbons (Fsp3) is 0.182. The van der Waals surface area contributed by atoms with E-state index in [1.807, 2.05) is 30.3 Å². The van der Waals surface area contributed by atoms with Gasteiger partial charge in [0.15, 0.2) is 11.5 Å². The quantitative estimate of drug-likeness (QED) is 0.476. The van der Waals surface area contributed by atoms with Gasteiger partial charge in [-0.3, -0.25) is 9.78 Å². The minimum atomic E-state index is 0.0704. The molecule has 4 aromatic rings. The van der Waals surface area contributed by atoms with Crippen molar-refractivity contribution >= 4 is 17.1 Å². The van der Waals surface area contributed by atoms with Gasteiger partial charge >= 0.3 is 0 Å². The smallest absolute Gasteiger partial charge is 0.161 e. The van der Waals surface area contributed by atoms with Crippen molar-refractivity contribution in [2.24, 2.45) is 0 Å². The molecule has 0 aliphatic rings. The standard InChI is InChI=1S/C22H20N4O3S/c1-13(27)10-16-11-15(6-7-23-16)22-26-19(20(30-22)21-24-8-9-25-21)14-4-5-17(28-2)18(12-14)29-3/h4-9,11-12H,10H2,1-3H3,(H,24,25). The highest BCUT2D eigenvalue weighted by molar-refractivity contribution is 7.18. The first kappa shape index (κ1) is 19.8. The van der Waals surface area contributed by atoms with Crippen LogP contribution in [0.15, 0.2) is 48.9 Å². The third-order valence-electron chi connectivity index (χ3n) is 4.49. The number of H-pyrrole nitrogens is 1. The number of thiazole rings is 1. The Balaban J connectivity index is 1.84. The van der Waals surface area contributed by atoms with Crippen LogP contribution in [-0.2, 0) is 11.2 Å². The predicted octanol–water partition coefficient (Wildman–Crippen LogP) is 4.41. The maximum absolute atomic E-state index is 11.5. The Morgan fingerprint density at radius 1 is 1.03 bits per heavy atom. The third kappa shape index (κ3) is 3.95. The SMILES string of the molecule is COc1ccc(-c2nc(-c3ccnc(CC(C)=O)c3)sc2-c2ncc[nH]2)cc1OC. The number of nitrogens with zero attached hydrogens (tertiary/aromatic N) is 3. The van der Waals surface area contributed by atoms with E-state index >= 15 is 0 Å². The van der Waals surface area contributed by atoms with Gasteiger partial charge in [0, 0.05) is 41.8 Å². The van der Waals surface area contributed by atoms with Crippen LogP contribution in [0.5, 0.6) is 11.5 Å². The van der Waals surface area contributed by atoms with E-state index in [1.165, 1.54) is 11.3 Å². The van der Waals surface area contributed by atoms with Gasteiger partial charge in [-0.15, -0.1) is 11.3 Å². The van der Waals surface area contributed by atoms with Gasteiger partial charge in [-0.2, -0.15) is 0 Å². The number of Topliss-reactive ketones (excluding diaryl/α,β-unsaturated/α-hetero) is 1. The molecule has 3 aromatic heterocycles. The summed E-state index contributed by atoms with van der Waals surface area (Å²) >= 11 is 1.53. The molecule has 0 atom stereocenters. The van der Waals surface area contributed by atoms with E-state index < -0.39 is 0 Å². The summed E-state index contributed by atoms with van der Waals surface area (Å²) < 4.78 is 10.8. The number of methoxy groups -OCH3 is 2. The lowest BCUT2D eigenvalue weighted by Gasteiger charge is -2.09. The number of hydrogen-bond donors (Lipinski definition) is 1. The number of hydrogen-bond acceptors (Lipinski definition) is 7. The molecular weight excluding hydrogens is 400 g/mol. The fourth-order valence-corrected chi connectivity index (χ4v) is 4.18. The molecule has 0 bridgehead atoms. The predicted molar refractivity (Wildman–Crippen MR) is 116 cm³/mol. The summed E-state index contributed by atoms with van der Waals surface area (Å²) in [5, 5.41) is 0.818. The van der Waals surface area contributed by atoms with E-state index in [2.05, 4.69) is 15.0 Å². The molecule has 1 N–H and O–H groups in total. The Hall–Kier alpha value is -3.52. The molecule has 1 aromatic carbocycles. The molecule has 3 heterocycles. The van der Waals surface area contributed by atoms with Crippen molar-refractivity contribution in [1.82, 2.24) is 19.9 Å². The lowest BCUT2D eigenvalue weighted by molar-refractivity contribution is -0.116. The Morgan fingerprint density at radius 2 is 1.87 bits per heavy atom. The number of pyridine rings is 1. The van der Waals surface area contributed by atoms with Gasteiger partial charge in [0.05, 0.1) is 24.8 Å². The zero-order chi connectivity index (χ0) is 21.1. The summed E-state index contributed by atoms with van der Waals surface area (Å²) in [6.07, 6.45) is 5.50. The van der Waals surface area contributed by atoms with Crippen LogP contribution >= 0.6 is 11.3 Å². The highest BCUT2D eigenvalue weighted by atomic mass is 32.1. The van der Waals surface area contributed by atoms with Crippen LogP contribution in [0.4, 0.5) is 0 Å². The normalized spacial score (nSPS) is 10.8. The monoisotopic (exact) mass is 420 g/mol. The number of carbonyl (C=O) groups is 1. The minimum absolute atomic E-state index is 0.0704. The highest BCUT2D eigenvalue weighted by Gasteiger charge is 2.19. The van der Waals surface area contributed by atoms with Gasteiger partial charge in [-0.05, 0) is 37.3 Å². The number of nitrogens with one attached hydrogen (secondary N) is 1. The largest absolute Gasteiger partial charge is 0.493 e. The maximum Gasteiger partial charge on any atom is 0.161 e. The topological polar surface area (TPSA) is 90.0 Å². The minimum Gasteiger partial charge on any atom is -0.493 e. The van der Waals surface area contributed by atoms with Gasteiger partial charge in [0.2, 0.25) is 0 Å². The molecule has 0 amide bonds. The number of imidazole rings is 1. The molecule has 8 heteroatoms. The first-order valence-corrected chi connectivity index (χ1v) is 10.1. The summed E-state index contributed by atoms with van der Waals surface area (Å²) in [4.78, 5) is 29.2. The van der Waals surface area contributed by atoms with Crippen LogP contribution in [-0.4, -0.2) is 39.9 Å². The molecule has 7 nitrogen and oxygen atoms in total. The van der Waals surface area contributed by atoms with Crippen molar-refractivity contribution in [2.75, 3.05) is 14.2 Å². The second-order valence-corrected chi connectivity index (χ2v) is 7.62. The Kier molecular flexibility index (Phi) is 5.58. The first-order valence-electron chi connectivity index (χ1n) is 9.26. The molecule has 0 saturated carbocycles. The zero-order valence-corrected chi connectivity index (χ0v) is 17.6. The zero-order valence-electron chi connectivity index (χ0n) is 16.8. The molecular formula is C22H20N4O3S. The number of ether oxygens (including phenoxy) is 2. The number of rotatable bonds is 7. The molecule has 0 aliphatic heterocycles. The van der Waals surface area contributed by atoms with E-state index in [4.69, 9.17) is 14.5 Å². The summed E-state index contributed by atoms with van der Waals surface area (Å²) in [5.74, 6) is 2.09. The maximum atomic E-state index is 11.5. The van der Waals surface area contributed by atoms with Crippen LogP contribution in [0, 0.1) is 0 Å². The van der Waals surface area contributed by atoms with E-state index in [0.717, 1.165) is 38.2 Å². The van der Waals surface area contributed by atoms with Gasteiger partial charge in [0.25, 0.3) is 0 Å². The van der Waals surface area contributed by atoms with Crippen LogP contribution < -0.4 is 9.47 Å². The van der Waals surface area contributed by atoms with Crippen molar-refractivity contribution < 1.29 is 14.3 Å². The van der Waals surface area contributed by atoms with E-state index in [0.29, 0.717) is 17.9 Å². The molecule has 4 rings (SSSR count). The lowest BCUT2D eigenvalue weighted by atomic mass is 10.1. The molecule has 0 fully saturated rings. The van der Waals surface area contributed by atoms with Crippen molar-refractivity contribution in [3.63, 3.8) is 0 Å². The van der Waals surface area contributed by atoms with Crippen molar-refractivity contribution in [1.29, 1.82) is 0 Å². The van der Waals surface area contributed by atoms with Crippen LogP contribution in [0.3, 0.4) is 0 Å². The van der Waals surface area contributed by atoms with Crippen LogP contribution in [0.2, 0.25) is 0 Å². The molecule has 0 aliphatic carbocycles. The second kappa shape index (κ2) is 8.46. The van der Waals surface area contributed by atoms with Crippen LogP contribution in [0.25, 0.3) is 32.5 Å². The number of carbonyl (C=O) groups excluding carboxylic acids is 1. The molecule has 0 spiro atoms. The third-order valence-corrected chi connectivity index (χ3v) is 5.60. The van der Waals surface area contributed by atoms with E-state index in [1.54, 1.807) is 39.7 Å². The summed E-state index contributed by atoms with van der Waals surface area (Å²) in [7, 11) is 3.21.